The number of aromatic amines is 1. The molecule has 0 saturated carbocycles. The first-order chi connectivity index (χ1) is 11.5. The van der Waals surface area contributed by atoms with Crippen LogP contribution in [0.3, 0.4) is 0 Å². The van der Waals surface area contributed by atoms with E-state index in [-0.39, 0.29) is 7.47 Å². The van der Waals surface area contributed by atoms with Gasteiger partial charge in [0.1, 0.15) is 0 Å². The van der Waals surface area contributed by atoms with Crippen molar-refractivity contribution in [2.45, 2.75) is 39.7 Å². The number of aromatic nitrogens is 1. The van der Waals surface area contributed by atoms with Crippen molar-refractivity contribution >= 4 is 15.3 Å². The molecule has 1 heterocycles. The van der Waals surface area contributed by atoms with Crippen molar-refractivity contribution in [2.24, 2.45) is 0 Å². The Bertz CT molecular complexity index is 882. The predicted molar refractivity (Wildman–Crippen MR) is 101 cm³/mol. The first-order valence-corrected chi connectivity index (χ1v) is 9.16. The molecular weight excluding hydrogens is 331 g/mol. The smallest absolute Gasteiger partial charge is 0 e. The minimum Gasteiger partial charge on any atom is 0 e. The first kappa shape index (κ1) is 17.2. The molecule has 0 bridgehead atoms. The maximum absolute atomic E-state index is 3.63. The van der Waals surface area contributed by atoms with Crippen LogP contribution in [0.15, 0.2) is 48.7 Å². The molecule has 2 nitrogen and oxygen atoms in total. The van der Waals surface area contributed by atoms with Gasteiger partial charge >= 0.3 is 153 Å². The summed E-state index contributed by atoms with van der Waals surface area (Å²) in [5.41, 5.74) is 6.40. The third kappa shape index (κ3) is 3.56. The van der Waals surface area contributed by atoms with Crippen LogP contribution < -0.4 is 5.32 Å². The minimum atomic E-state index is 0. The number of benzene rings is 2. The summed E-state index contributed by atoms with van der Waals surface area (Å²) in [7, 11) is 0. The molecule has 1 aromatic heterocycles. The van der Waals surface area contributed by atoms with E-state index in [9.17, 15) is 0 Å². The van der Waals surface area contributed by atoms with E-state index in [1.54, 1.807) is 0 Å². The Morgan fingerprint density at radius 1 is 1.08 bits per heavy atom. The van der Waals surface area contributed by atoms with Gasteiger partial charge < -0.3 is 0 Å². The van der Waals surface area contributed by atoms with Crippen molar-refractivity contribution in [1.29, 1.82) is 0 Å². The van der Waals surface area contributed by atoms with Crippen LogP contribution >= 0.6 is 0 Å². The van der Waals surface area contributed by atoms with Crippen molar-refractivity contribution in [3.63, 3.8) is 0 Å². The molecule has 0 fully saturated rings. The Kier molecular flexibility index (Phi) is 5.10. The van der Waals surface area contributed by atoms with Crippen molar-refractivity contribution in [1.82, 2.24) is 10.3 Å². The Balaban J connectivity index is 0.00000225. The summed E-state index contributed by atoms with van der Waals surface area (Å²) in [6, 6.07) is 15.7. The van der Waals surface area contributed by atoms with E-state index < -0.39 is 0 Å². The molecule has 0 spiro atoms. The average molecular weight is 357 g/mol. The fraction of sp³-hybridized carbons (Fsp3) is 0.286. The molecule has 0 aliphatic carbocycles. The number of fused-ring (bicyclic) bond motifs is 1. The van der Waals surface area contributed by atoms with Crippen LogP contribution in [0.2, 0.25) is 0 Å². The number of rotatable bonds is 5. The number of hydrogen-bond acceptors (Lipinski definition) is 1. The molecule has 0 unspecified atom stereocenters. The standard InChI is InChI=1S/C21H24N2.V.H2/c1-14(2)18-6-5-7-19(11-18)16(4)22-13-17-8-9-21-20(10-17)15(3)12-23-21;;/h5-12,14,16,22-23H,1-4H3;;1H/t16-;;/m0../s1. The average Bonchev–Trinajstić information content (AvgIpc) is 2.95. The molecule has 3 rings (SSSR count). The van der Waals surface area contributed by atoms with Crippen molar-refractivity contribution < 1.29 is 18.4 Å². The van der Waals surface area contributed by atoms with Gasteiger partial charge in [-0.25, -0.2) is 0 Å². The van der Waals surface area contributed by atoms with E-state index in [4.69, 9.17) is 0 Å². The predicted octanol–water partition coefficient (Wildman–Crippen LogP) is 5.22. The van der Waals surface area contributed by atoms with Gasteiger partial charge in [0.25, 0.3) is 0 Å². The quantitative estimate of drug-likeness (QED) is 0.644. The van der Waals surface area contributed by atoms with Crippen LogP contribution in [0.25, 0.3) is 10.9 Å². The monoisotopic (exact) mass is 357 g/mol. The van der Waals surface area contributed by atoms with E-state index in [0.717, 1.165) is 4.35 Å². The molecule has 0 radical (unpaired) electrons. The molecular formula is C21H26N2V. The van der Waals surface area contributed by atoms with E-state index in [1.807, 2.05) is 0 Å². The van der Waals surface area contributed by atoms with E-state index in [2.05, 4.69) is 104 Å². The van der Waals surface area contributed by atoms with E-state index in [1.165, 1.54) is 33.2 Å². The summed E-state index contributed by atoms with van der Waals surface area (Å²) < 4.78 is 1.15. The number of H-pyrrole nitrogens is 1. The molecule has 0 aliphatic rings. The zero-order chi connectivity index (χ0) is 17.3. The van der Waals surface area contributed by atoms with Gasteiger partial charge in [0.05, 0.1) is 0 Å². The SMILES string of the molecule is Cc1c[nH]c2ccc([C](=[V])N[C@@H](C)c3cccc(C(C)C)c3)cc12.[HH]. The summed E-state index contributed by atoms with van der Waals surface area (Å²) in [4.78, 5) is 3.30. The van der Waals surface area contributed by atoms with Gasteiger partial charge in [0.2, 0.25) is 0 Å². The van der Waals surface area contributed by atoms with Gasteiger partial charge in [0.15, 0.2) is 0 Å². The van der Waals surface area contributed by atoms with Crippen LogP contribution in [0.1, 0.15) is 56.4 Å². The second-order valence-electron chi connectivity index (χ2n) is 6.77. The fourth-order valence-electron chi connectivity index (χ4n) is 2.97. The van der Waals surface area contributed by atoms with Crippen LogP contribution in [-0.4, -0.2) is 9.33 Å². The third-order valence-corrected chi connectivity index (χ3v) is 5.20. The van der Waals surface area contributed by atoms with Gasteiger partial charge in [-0.2, -0.15) is 0 Å². The van der Waals surface area contributed by atoms with Crippen LogP contribution in [0.4, 0.5) is 0 Å². The summed E-state index contributed by atoms with van der Waals surface area (Å²) >= 11 is 2.68. The summed E-state index contributed by atoms with van der Waals surface area (Å²) in [5, 5.41) is 4.92. The molecule has 0 saturated heterocycles. The van der Waals surface area contributed by atoms with Gasteiger partial charge in [0, 0.05) is 1.43 Å². The largest absolute Gasteiger partial charge is 0 e. The topological polar surface area (TPSA) is 27.8 Å². The number of aryl methyl sites for hydroxylation is 1. The van der Waals surface area contributed by atoms with Crippen molar-refractivity contribution in [3.8, 4) is 0 Å². The summed E-state index contributed by atoms with van der Waals surface area (Å²) in [5.74, 6) is 0.553. The van der Waals surface area contributed by atoms with Crippen molar-refractivity contribution in [2.75, 3.05) is 0 Å². The molecule has 1 atom stereocenters. The van der Waals surface area contributed by atoms with Crippen LogP contribution in [-0.2, 0) is 17.0 Å². The summed E-state index contributed by atoms with van der Waals surface area (Å²) in [6.07, 6.45) is 2.06. The summed E-state index contributed by atoms with van der Waals surface area (Å²) in [6.45, 7) is 8.83. The Labute approximate surface area is 154 Å². The second kappa shape index (κ2) is 7.10. The molecule has 2 aromatic carbocycles. The van der Waals surface area contributed by atoms with E-state index >= 15 is 0 Å². The van der Waals surface area contributed by atoms with Crippen molar-refractivity contribution in [3.05, 3.63) is 70.9 Å². The zero-order valence-corrected chi connectivity index (χ0v) is 16.1. The zero-order valence-electron chi connectivity index (χ0n) is 14.7. The van der Waals surface area contributed by atoms with Crippen LogP contribution in [0, 0.1) is 6.92 Å². The van der Waals surface area contributed by atoms with Gasteiger partial charge in [-0.05, 0) is 0 Å². The maximum Gasteiger partial charge on any atom is 0 e. The Morgan fingerprint density at radius 3 is 2.58 bits per heavy atom. The third-order valence-electron chi connectivity index (χ3n) is 4.59. The van der Waals surface area contributed by atoms with Gasteiger partial charge in [-0.1, -0.05) is 0 Å². The first-order valence-electron chi connectivity index (χ1n) is 8.46. The molecule has 24 heavy (non-hydrogen) atoms. The fourth-order valence-corrected chi connectivity index (χ4v) is 3.49. The molecule has 2 N–H and O–H groups in total. The molecule has 0 aliphatic heterocycles. The van der Waals surface area contributed by atoms with Crippen LogP contribution in [0.5, 0.6) is 0 Å². The van der Waals surface area contributed by atoms with Gasteiger partial charge in [-0.3, -0.25) is 0 Å². The molecule has 3 aromatic rings. The molecule has 3 heteroatoms. The van der Waals surface area contributed by atoms with Gasteiger partial charge in [-0.15, -0.1) is 0 Å². The Morgan fingerprint density at radius 2 is 1.83 bits per heavy atom. The van der Waals surface area contributed by atoms with E-state index in [0.29, 0.717) is 5.92 Å². The Hall–Kier alpha value is -1.61. The number of nitrogens with one attached hydrogen (secondary N) is 2. The molecule has 125 valence electrons. The minimum absolute atomic E-state index is 0. The second-order valence-corrected chi connectivity index (χ2v) is 7.47. The maximum atomic E-state index is 3.63. The molecule has 0 amide bonds. The number of hydrogen-bond donors (Lipinski definition) is 2. The normalized spacial score (nSPS) is 12.7.